The Balaban J connectivity index is 1.18. The van der Waals surface area contributed by atoms with Crippen molar-refractivity contribution in [3.05, 3.63) is 130 Å². The van der Waals surface area contributed by atoms with E-state index in [1.54, 1.807) is 29.2 Å². The minimum atomic E-state index is -4.02. The lowest BCUT2D eigenvalue weighted by Crippen LogP contribution is -2.52. The molecule has 1 aliphatic heterocycles. The Labute approximate surface area is 265 Å². The van der Waals surface area contributed by atoms with E-state index in [1.807, 2.05) is 34.3 Å². The van der Waals surface area contributed by atoms with Crippen molar-refractivity contribution >= 4 is 11.6 Å². The van der Waals surface area contributed by atoms with Crippen molar-refractivity contribution in [2.24, 2.45) is 0 Å². The minimum Gasteiger partial charge on any atom is -0.360 e. The molecular formula is C33H26F4N8O2. The van der Waals surface area contributed by atoms with Crippen LogP contribution in [0, 0.1) is 23.0 Å². The van der Waals surface area contributed by atoms with Crippen molar-refractivity contribution in [1.82, 2.24) is 30.1 Å². The zero-order valence-electron chi connectivity index (χ0n) is 24.9. The quantitative estimate of drug-likeness (QED) is 0.246. The number of hydrogen-bond donors (Lipinski definition) is 1. The number of benzene rings is 3. The molecule has 5 aromatic rings. The summed E-state index contributed by atoms with van der Waals surface area (Å²) < 4.78 is 61.5. The summed E-state index contributed by atoms with van der Waals surface area (Å²) in [5.74, 6) is -6.34. The second kappa shape index (κ2) is 12.2. The average Bonchev–Trinajstić information content (AvgIpc) is 3.52. The molecule has 6 rings (SSSR count). The fraction of sp³-hybridized carbons (Fsp3) is 0.212. The molecule has 10 nitrogen and oxygen atoms in total. The Morgan fingerprint density at radius 1 is 0.936 bits per heavy atom. The Morgan fingerprint density at radius 3 is 2.26 bits per heavy atom. The first kappa shape index (κ1) is 31.2. The summed E-state index contributed by atoms with van der Waals surface area (Å²) in [6, 6.07) is 21.0. The van der Waals surface area contributed by atoms with E-state index in [-0.39, 0.29) is 12.5 Å². The molecule has 3 aromatic carbocycles. The van der Waals surface area contributed by atoms with Crippen LogP contribution < -0.4 is 10.6 Å². The van der Waals surface area contributed by atoms with Crippen LogP contribution >= 0.6 is 0 Å². The molecule has 3 heterocycles. The largest absolute Gasteiger partial charge is 0.362 e. The van der Waals surface area contributed by atoms with E-state index in [0.29, 0.717) is 47.1 Å². The smallest absolute Gasteiger partial charge is 0.360 e. The van der Waals surface area contributed by atoms with E-state index in [1.165, 1.54) is 12.3 Å². The number of carbonyl (C=O) groups is 1. The van der Waals surface area contributed by atoms with Gasteiger partial charge in [0, 0.05) is 48.7 Å². The van der Waals surface area contributed by atoms with Gasteiger partial charge >= 0.3 is 11.6 Å². The fourth-order valence-electron chi connectivity index (χ4n) is 5.66. The van der Waals surface area contributed by atoms with Gasteiger partial charge in [-0.25, -0.2) is 18.7 Å². The number of rotatable bonds is 8. The van der Waals surface area contributed by atoms with Gasteiger partial charge in [-0.05, 0) is 64.9 Å². The lowest BCUT2D eigenvalue weighted by atomic mass is 9.83. The molecule has 1 N–H and O–H groups in total. The fourth-order valence-corrected chi connectivity index (χ4v) is 5.66. The molecular weight excluding hydrogens is 616 g/mol. The van der Waals surface area contributed by atoms with E-state index >= 15 is 8.78 Å². The van der Waals surface area contributed by atoms with Crippen LogP contribution in [0.2, 0.25) is 0 Å². The van der Waals surface area contributed by atoms with Gasteiger partial charge in [-0.3, -0.25) is 9.78 Å². The van der Waals surface area contributed by atoms with Crippen LogP contribution in [-0.4, -0.2) is 55.6 Å². The summed E-state index contributed by atoms with van der Waals surface area (Å²) in [4.78, 5) is 33.0. The third kappa shape index (κ3) is 5.71. The number of H-pyrrole nitrogens is 1. The Kier molecular flexibility index (Phi) is 8.06. The molecule has 238 valence electrons. The van der Waals surface area contributed by atoms with E-state index in [9.17, 15) is 18.4 Å². The topological polar surface area (TPSA) is 124 Å². The van der Waals surface area contributed by atoms with Gasteiger partial charge in [0.1, 0.15) is 17.3 Å². The molecule has 0 bridgehead atoms. The molecule has 0 aliphatic carbocycles. The number of alkyl halides is 2. The molecule has 1 saturated heterocycles. The maximum absolute atomic E-state index is 16.3. The van der Waals surface area contributed by atoms with E-state index in [4.69, 9.17) is 5.26 Å². The molecule has 47 heavy (non-hydrogen) atoms. The zero-order chi connectivity index (χ0) is 33.3. The number of amides is 1. The van der Waals surface area contributed by atoms with Gasteiger partial charge in [0.15, 0.2) is 5.54 Å². The second-order valence-electron chi connectivity index (χ2n) is 11.2. The van der Waals surface area contributed by atoms with Gasteiger partial charge in [-0.15, -0.1) is 0 Å². The monoisotopic (exact) mass is 642 g/mol. The predicted molar refractivity (Wildman–Crippen MR) is 162 cm³/mol. The number of nitriles is 1. The molecule has 14 heteroatoms. The number of anilines is 1. The molecule has 0 radical (unpaired) electrons. The molecule has 2 aromatic heterocycles. The van der Waals surface area contributed by atoms with Crippen LogP contribution in [0.3, 0.4) is 0 Å². The van der Waals surface area contributed by atoms with Gasteiger partial charge < -0.3 is 9.80 Å². The predicted octanol–water partition coefficient (Wildman–Crippen LogP) is 4.58. The third-order valence-electron chi connectivity index (χ3n) is 8.39. The van der Waals surface area contributed by atoms with Crippen molar-refractivity contribution in [2.45, 2.75) is 24.9 Å². The van der Waals surface area contributed by atoms with Crippen LogP contribution in [0.4, 0.5) is 23.2 Å². The maximum Gasteiger partial charge on any atom is 0.362 e. The summed E-state index contributed by atoms with van der Waals surface area (Å²) in [7, 11) is 0. The standard InChI is InChI=1S/C33H26F4N8O2/c1-32(45-31(47)40-41-42-45,27-12-9-25(34)16-28(27)35)33(36,37)29-13-8-24(18-39-29)23-6-2-22(3-7-23)19-44-15-14-43(20-30(44)46)26-10-4-21(17-38)5-11-26/h2-13,16,18H,14-15,19-20H2,1H3,(H,40,42,47)/t32-/m1/s1. The molecule has 1 atom stereocenters. The number of carbonyl (C=O) groups excluding carboxylic acids is 1. The van der Waals surface area contributed by atoms with E-state index < -0.39 is 40.0 Å². The first-order valence-electron chi connectivity index (χ1n) is 14.4. The molecule has 1 amide bonds. The van der Waals surface area contributed by atoms with Crippen molar-refractivity contribution in [2.75, 3.05) is 24.5 Å². The zero-order valence-corrected chi connectivity index (χ0v) is 24.9. The highest BCUT2D eigenvalue weighted by Gasteiger charge is 2.58. The number of piperazine rings is 1. The van der Waals surface area contributed by atoms with Crippen LogP contribution in [0.15, 0.2) is 89.9 Å². The Hall–Kier alpha value is -5.84. The number of aromatic amines is 1. The summed E-state index contributed by atoms with van der Waals surface area (Å²) >= 11 is 0. The van der Waals surface area contributed by atoms with Crippen LogP contribution in [0.5, 0.6) is 0 Å². The van der Waals surface area contributed by atoms with Crippen molar-refractivity contribution < 1.29 is 22.4 Å². The van der Waals surface area contributed by atoms with Crippen LogP contribution in [0.25, 0.3) is 11.1 Å². The summed E-state index contributed by atoms with van der Waals surface area (Å²) in [5.41, 5.74) is -1.87. The number of halogens is 4. The van der Waals surface area contributed by atoms with Gasteiger partial charge in [0.05, 0.1) is 18.2 Å². The van der Waals surface area contributed by atoms with Gasteiger partial charge in [-0.1, -0.05) is 36.4 Å². The number of nitrogens with one attached hydrogen (secondary N) is 1. The highest BCUT2D eigenvalue weighted by Crippen LogP contribution is 2.47. The number of aromatic nitrogens is 5. The normalized spacial score (nSPS) is 14.9. The average molecular weight is 643 g/mol. The van der Waals surface area contributed by atoms with Crippen molar-refractivity contribution in [3.8, 4) is 17.2 Å². The Bertz CT molecular complexity index is 2020. The number of hydrogen-bond acceptors (Lipinski definition) is 7. The minimum absolute atomic E-state index is 0.0363. The molecule has 1 aliphatic rings. The van der Waals surface area contributed by atoms with Crippen LogP contribution in [-0.2, 0) is 22.8 Å². The first-order chi connectivity index (χ1) is 22.5. The van der Waals surface area contributed by atoms with Gasteiger partial charge in [0.25, 0.3) is 0 Å². The molecule has 0 spiro atoms. The molecule has 0 saturated carbocycles. The number of nitrogens with zero attached hydrogens (tertiary/aromatic N) is 7. The summed E-state index contributed by atoms with van der Waals surface area (Å²) in [5, 5.41) is 17.7. The molecule has 0 unspecified atom stereocenters. The lowest BCUT2D eigenvalue weighted by Gasteiger charge is -2.36. The number of tetrazole rings is 1. The highest BCUT2D eigenvalue weighted by atomic mass is 19.3. The second-order valence-corrected chi connectivity index (χ2v) is 11.2. The lowest BCUT2D eigenvalue weighted by molar-refractivity contribution is -0.131. The summed E-state index contributed by atoms with van der Waals surface area (Å²) in [6.07, 6.45) is 1.23. The third-order valence-corrected chi connectivity index (χ3v) is 8.39. The van der Waals surface area contributed by atoms with E-state index in [0.717, 1.165) is 36.4 Å². The van der Waals surface area contributed by atoms with Crippen molar-refractivity contribution in [1.29, 1.82) is 5.26 Å². The van der Waals surface area contributed by atoms with Crippen molar-refractivity contribution in [3.63, 3.8) is 0 Å². The first-order valence-corrected chi connectivity index (χ1v) is 14.4. The summed E-state index contributed by atoms with van der Waals surface area (Å²) in [6.45, 7) is 2.66. The highest BCUT2D eigenvalue weighted by molar-refractivity contribution is 5.83. The Morgan fingerprint density at radius 2 is 1.66 bits per heavy atom. The SMILES string of the molecule is C[C@](c1ccc(F)cc1F)(n1nn[nH]c1=O)C(F)(F)c1ccc(-c2ccc(CN3CCN(c4ccc(C#N)cc4)CC3=O)cc2)cn1. The number of pyridine rings is 1. The van der Waals surface area contributed by atoms with E-state index in [2.05, 4.69) is 21.5 Å². The van der Waals surface area contributed by atoms with Crippen LogP contribution in [0.1, 0.15) is 29.3 Å². The van der Waals surface area contributed by atoms with Gasteiger partial charge in [-0.2, -0.15) is 18.7 Å². The maximum atomic E-state index is 16.3. The van der Waals surface area contributed by atoms with Gasteiger partial charge in [0.2, 0.25) is 5.91 Å². The molecule has 1 fully saturated rings.